The van der Waals surface area contributed by atoms with Gasteiger partial charge in [0.2, 0.25) is 5.91 Å². The minimum Gasteiger partial charge on any atom is -0.319 e. The Hall–Kier alpha value is -3.68. The van der Waals surface area contributed by atoms with Crippen LogP contribution in [0.1, 0.15) is 11.3 Å². The number of aromatic nitrogens is 2. The van der Waals surface area contributed by atoms with E-state index < -0.39 is 0 Å². The fourth-order valence-corrected chi connectivity index (χ4v) is 4.87. The van der Waals surface area contributed by atoms with Gasteiger partial charge < -0.3 is 5.32 Å². The monoisotopic (exact) mass is 469 g/mol. The highest BCUT2D eigenvalue weighted by Gasteiger charge is 2.22. The molecule has 7 heteroatoms. The third kappa shape index (κ3) is 4.78. The van der Waals surface area contributed by atoms with E-state index in [1.165, 1.54) is 16.3 Å². The quantitative estimate of drug-likeness (QED) is 0.470. The number of piperazine rings is 1. The van der Waals surface area contributed by atoms with Crippen LogP contribution in [-0.4, -0.2) is 57.8 Å². The van der Waals surface area contributed by atoms with Gasteiger partial charge in [0.15, 0.2) is 0 Å². The molecule has 0 spiro atoms. The largest absolute Gasteiger partial charge is 0.319 e. The minimum atomic E-state index is -0.218. The SMILES string of the molecule is Cc1c(NC(=O)CN2CCN(Cc3cccc4ccccc34)CC2)c(=O)n(-c2ccccc2)n1C. The predicted molar refractivity (Wildman–Crippen MR) is 140 cm³/mol. The normalized spacial score (nSPS) is 14.9. The van der Waals surface area contributed by atoms with E-state index in [2.05, 4.69) is 57.6 Å². The number of nitrogens with one attached hydrogen (secondary N) is 1. The van der Waals surface area contributed by atoms with Gasteiger partial charge in [0.1, 0.15) is 5.69 Å². The van der Waals surface area contributed by atoms with E-state index in [4.69, 9.17) is 0 Å². The first-order chi connectivity index (χ1) is 17.0. The number of fused-ring (bicyclic) bond motifs is 1. The van der Waals surface area contributed by atoms with Gasteiger partial charge in [0.25, 0.3) is 5.56 Å². The lowest BCUT2D eigenvalue weighted by atomic mass is 10.0. The van der Waals surface area contributed by atoms with Crippen molar-refractivity contribution in [2.24, 2.45) is 7.05 Å². The number of rotatable bonds is 6. The third-order valence-electron chi connectivity index (χ3n) is 6.92. The van der Waals surface area contributed by atoms with Gasteiger partial charge in [-0.3, -0.25) is 24.1 Å². The number of hydrogen-bond acceptors (Lipinski definition) is 4. The highest BCUT2D eigenvalue weighted by molar-refractivity contribution is 5.92. The van der Waals surface area contributed by atoms with Crippen molar-refractivity contribution in [3.05, 3.63) is 94.4 Å². The topological polar surface area (TPSA) is 62.5 Å². The average Bonchev–Trinajstić information content (AvgIpc) is 3.09. The first-order valence-corrected chi connectivity index (χ1v) is 12.1. The minimum absolute atomic E-state index is 0.154. The van der Waals surface area contributed by atoms with Crippen LogP contribution in [-0.2, 0) is 18.4 Å². The summed E-state index contributed by atoms with van der Waals surface area (Å²) in [5, 5.41) is 5.45. The maximum absolute atomic E-state index is 13.1. The summed E-state index contributed by atoms with van der Waals surface area (Å²) < 4.78 is 3.36. The molecular weight excluding hydrogens is 438 g/mol. The van der Waals surface area contributed by atoms with Crippen molar-refractivity contribution < 1.29 is 4.79 Å². The number of carbonyl (C=O) groups excluding carboxylic acids is 1. The van der Waals surface area contributed by atoms with Crippen molar-refractivity contribution in [1.29, 1.82) is 0 Å². The summed E-state index contributed by atoms with van der Waals surface area (Å²) in [5.41, 5.74) is 2.96. The number of para-hydroxylation sites is 1. The number of nitrogens with zero attached hydrogens (tertiary/aromatic N) is 4. The van der Waals surface area contributed by atoms with Crippen molar-refractivity contribution in [3.8, 4) is 5.69 Å². The van der Waals surface area contributed by atoms with E-state index in [9.17, 15) is 9.59 Å². The molecule has 0 unspecified atom stereocenters. The Bertz CT molecular complexity index is 1390. The van der Waals surface area contributed by atoms with Gasteiger partial charge in [-0.15, -0.1) is 0 Å². The number of hydrogen-bond donors (Lipinski definition) is 1. The molecule has 7 nitrogen and oxygen atoms in total. The summed E-state index contributed by atoms with van der Waals surface area (Å²) in [7, 11) is 1.83. The third-order valence-corrected chi connectivity index (χ3v) is 6.92. The van der Waals surface area contributed by atoms with Crippen molar-refractivity contribution in [2.75, 3.05) is 38.0 Å². The molecule has 4 aromatic rings. The number of amides is 1. The Balaban J connectivity index is 1.19. The first-order valence-electron chi connectivity index (χ1n) is 12.1. The summed E-state index contributed by atoms with van der Waals surface area (Å²) in [5.74, 6) is -0.154. The van der Waals surface area contributed by atoms with E-state index in [1.807, 2.05) is 44.3 Å². The molecule has 0 atom stereocenters. The van der Waals surface area contributed by atoms with Crippen LogP contribution in [0.2, 0.25) is 0 Å². The Morgan fingerprint density at radius 1 is 0.857 bits per heavy atom. The Labute approximate surface area is 205 Å². The van der Waals surface area contributed by atoms with Crippen molar-refractivity contribution in [2.45, 2.75) is 13.5 Å². The fraction of sp³-hybridized carbons (Fsp3) is 0.286. The Morgan fingerprint density at radius 2 is 1.51 bits per heavy atom. The molecule has 0 radical (unpaired) electrons. The van der Waals surface area contributed by atoms with E-state index in [1.54, 1.807) is 9.36 Å². The van der Waals surface area contributed by atoms with Gasteiger partial charge in [0.05, 0.1) is 17.9 Å². The molecule has 1 N–H and O–H groups in total. The van der Waals surface area contributed by atoms with Gasteiger partial charge in [-0.1, -0.05) is 60.7 Å². The fourth-order valence-electron chi connectivity index (χ4n) is 4.87. The molecule has 1 fully saturated rings. The molecule has 1 aromatic heterocycles. The zero-order valence-corrected chi connectivity index (χ0v) is 20.3. The summed E-state index contributed by atoms with van der Waals surface area (Å²) in [6.07, 6.45) is 0. The first kappa shape index (κ1) is 23.1. The standard InChI is InChI=1S/C28H31N5O2/c1-21-27(28(35)33(30(21)2)24-12-4-3-5-13-24)29-26(34)20-32-17-15-31(16-18-32)19-23-11-8-10-22-9-6-7-14-25(22)23/h3-14H,15-20H2,1-2H3,(H,29,34). The molecule has 0 saturated carbocycles. The molecule has 1 amide bonds. The summed E-state index contributed by atoms with van der Waals surface area (Å²) in [6, 6.07) is 24.4. The zero-order valence-electron chi connectivity index (χ0n) is 20.3. The van der Waals surface area contributed by atoms with Gasteiger partial charge in [0, 0.05) is 39.8 Å². The lowest BCUT2D eigenvalue weighted by molar-refractivity contribution is -0.117. The van der Waals surface area contributed by atoms with E-state index >= 15 is 0 Å². The van der Waals surface area contributed by atoms with Crippen LogP contribution in [0.5, 0.6) is 0 Å². The molecule has 1 aliphatic rings. The molecule has 35 heavy (non-hydrogen) atoms. The maximum atomic E-state index is 13.1. The second kappa shape index (κ2) is 9.90. The lowest BCUT2D eigenvalue weighted by Gasteiger charge is -2.34. The van der Waals surface area contributed by atoms with Crippen molar-refractivity contribution >= 4 is 22.4 Å². The average molecular weight is 470 g/mol. The smallest absolute Gasteiger partial charge is 0.295 e. The van der Waals surface area contributed by atoms with E-state index in [-0.39, 0.29) is 18.0 Å². The van der Waals surface area contributed by atoms with Gasteiger partial charge in [-0.05, 0) is 35.4 Å². The molecule has 5 rings (SSSR count). The highest BCUT2D eigenvalue weighted by atomic mass is 16.2. The highest BCUT2D eigenvalue weighted by Crippen LogP contribution is 2.21. The van der Waals surface area contributed by atoms with Crippen LogP contribution < -0.4 is 10.9 Å². The van der Waals surface area contributed by atoms with Crippen molar-refractivity contribution in [3.63, 3.8) is 0 Å². The second-order valence-electron chi connectivity index (χ2n) is 9.18. The van der Waals surface area contributed by atoms with Crippen LogP contribution >= 0.6 is 0 Å². The molecule has 0 bridgehead atoms. The molecule has 0 aliphatic carbocycles. The van der Waals surface area contributed by atoms with Gasteiger partial charge >= 0.3 is 0 Å². The number of benzene rings is 3. The summed E-state index contributed by atoms with van der Waals surface area (Å²) in [6.45, 7) is 6.48. The molecule has 1 saturated heterocycles. The second-order valence-corrected chi connectivity index (χ2v) is 9.18. The van der Waals surface area contributed by atoms with Crippen LogP contribution in [0.25, 0.3) is 16.5 Å². The van der Waals surface area contributed by atoms with Gasteiger partial charge in [-0.2, -0.15) is 0 Å². The van der Waals surface area contributed by atoms with Crippen LogP contribution in [0.4, 0.5) is 5.69 Å². The predicted octanol–water partition coefficient (Wildman–Crippen LogP) is 3.39. The molecular formula is C28H31N5O2. The number of carbonyl (C=O) groups is 1. The summed E-state index contributed by atoms with van der Waals surface area (Å²) >= 11 is 0. The zero-order chi connectivity index (χ0) is 24.4. The van der Waals surface area contributed by atoms with Crippen LogP contribution in [0.15, 0.2) is 77.6 Å². The van der Waals surface area contributed by atoms with Crippen molar-refractivity contribution in [1.82, 2.24) is 19.2 Å². The van der Waals surface area contributed by atoms with E-state index in [0.29, 0.717) is 5.69 Å². The molecule has 2 heterocycles. The summed E-state index contributed by atoms with van der Waals surface area (Å²) in [4.78, 5) is 30.5. The van der Waals surface area contributed by atoms with E-state index in [0.717, 1.165) is 44.1 Å². The molecule has 3 aromatic carbocycles. The van der Waals surface area contributed by atoms with Crippen LogP contribution in [0.3, 0.4) is 0 Å². The van der Waals surface area contributed by atoms with Crippen LogP contribution in [0, 0.1) is 6.92 Å². The Morgan fingerprint density at radius 3 is 2.29 bits per heavy atom. The lowest BCUT2D eigenvalue weighted by Crippen LogP contribution is -2.48. The Kier molecular flexibility index (Phi) is 6.53. The molecule has 180 valence electrons. The number of anilines is 1. The maximum Gasteiger partial charge on any atom is 0.295 e. The van der Waals surface area contributed by atoms with Gasteiger partial charge in [-0.25, -0.2) is 4.68 Å². The molecule has 1 aliphatic heterocycles.